The van der Waals surface area contributed by atoms with Gasteiger partial charge in [-0.15, -0.1) is 0 Å². The number of primary amides is 1. The molecule has 1 aromatic rings. The number of benzene rings is 1. The summed E-state index contributed by atoms with van der Waals surface area (Å²) in [5, 5.41) is 6.77. The summed E-state index contributed by atoms with van der Waals surface area (Å²) in [5.74, 6) is -6.83. The Hall–Kier alpha value is -3.91. The summed E-state index contributed by atoms with van der Waals surface area (Å²) in [6.45, 7) is 8.22. The molecule has 0 spiro atoms. The second kappa shape index (κ2) is 10.4. The summed E-state index contributed by atoms with van der Waals surface area (Å²) in [7, 11) is 0. The van der Waals surface area contributed by atoms with E-state index in [1.54, 1.807) is 5.32 Å². The van der Waals surface area contributed by atoms with Gasteiger partial charge in [0.05, 0.1) is 5.69 Å². The van der Waals surface area contributed by atoms with E-state index in [1.165, 1.54) is 26.8 Å². The number of rotatable bonds is 7. The number of alkyl halides is 3. The lowest BCUT2D eigenvalue weighted by atomic mass is 9.85. The molecule has 1 aliphatic carbocycles. The van der Waals surface area contributed by atoms with Gasteiger partial charge >= 0.3 is 12.1 Å². The lowest BCUT2D eigenvalue weighted by molar-refractivity contribution is -0.176. The number of carbonyl (C=O) groups is 5. The van der Waals surface area contributed by atoms with Gasteiger partial charge in [0, 0.05) is 19.0 Å². The molecule has 1 saturated heterocycles. The van der Waals surface area contributed by atoms with Crippen LogP contribution in [-0.2, 0) is 24.0 Å². The predicted molar refractivity (Wildman–Crippen MR) is 139 cm³/mol. The number of nitrogens with two attached hydrogens (primary N) is 1. The first-order valence-corrected chi connectivity index (χ1v) is 13.3. The lowest BCUT2D eigenvalue weighted by Crippen LogP contribution is -2.61. The molecule has 0 unspecified atom stereocenters. The van der Waals surface area contributed by atoms with Crippen molar-refractivity contribution in [3.8, 4) is 5.75 Å². The number of nitrogens with one attached hydrogen (secondary N) is 3. The van der Waals surface area contributed by atoms with Gasteiger partial charge in [-0.25, -0.2) is 4.39 Å². The molecule has 3 aliphatic rings. The summed E-state index contributed by atoms with van der Waals surface area (Å²) in [4.78, 5) is 65.1. The quantitative estimate of drug-likeness (QED) is 0.347. The van der Waals surface area contributed by atoms with Crippen LogP contribution in [0, 0.1) is 28.5 Å². The predicted octanol–water partition coefficient (Wildman–Crippen LogP) is 1.46. The number of piperidine rings is 1. The molecule has 230 valence electrons. The van der Waals surface area contributed by atoms with Gasteiger partial charge in [0.2, 0.25) is 17.7 Å². The highest BCUT2D eigenvalue weighted by atomic mass is 19.4. The van der Waals surface area contributed by atoms with Gasteiger partial charge in [-0.3, -0.25) is 24.0 Å². The molecule has 2 aliphatic heterocycles. The normalized spacial score (nSPS) is 25.6. The van der Waals surface area contributed by atoms with E-state index < -0.39 is 88.9 Å². The van der Waals surface area contributed by atoms with Gasteiger partial charge < -0.3 is 31.3 Å². The molecule has 15 heteroatoms. The van der Waals surface area contributed by atoms with E-state index in [0.29, 0.717) is 0 Å². The van der Waals surface area contributed by atoms with Crippen molar-refractivity contribution < 1.29 is 46.3 Å². The Bertz CT molecular complexity index is 1330. The molecule has 5 N–H and O–H groups in total. The van der Waals surface area contributed by atoms with Crippen molar-refractivity contribution >= 4 is 35.2 Å². The van der Waals surface area contributed by atoms with E-state index in [1.807, 2.05) is 13.8 Å². The van der Waals surface area contributed by atoms with E-state index in [0.717, 1.165) is 17.0 Å². The van der Waals surface area contributed by atoms with Gasteiger partial charge in [0.15, 0.2) is 6.10 Å². The Morgan fingerprint density at radius 1 is 1.17 bits per heavy atom. The number of likely N-dealkylation sites (tertiary alicyclic amines) is 1. The zero-order valence-electron chi connectivity index (χ0n) is 23.6. The number of nitrogens with zero attached hydrogens (tertiary/aromatic N) is 1. The molecule has 1 aromatic carbocycles. The van der Waals surface area contributed by atoms with Crippen molar-refractivity contribution in [1.29, 1.82) is 0 Å². The average molecular weight is 600 g/mol. The van der Waals surface area contributed by atoms with Crippen LogP contribution in [0.3, 0.4) is 0 Å². The van der Waals surface area contributed by atoms with E-state index in [2.05, 4.69) is 10.6 Å². The molecular weight excluding hydrogens is 566 g/mol. The minimum Gasteiger partial charge on any atom is -0.478 e. The number of hydrogen-bond acceptors (Lipinski definition) is 6. The molecule has 6 atom stereocenters. The van der Waals surface area contributed by atoms with Crippen molar-refractivity contribution in [3.05, 3.63) is 24.0 Å². The summed E-state index contributed by atoms with van der Waals surface area (Å²) < 4.78 is 58.4. The molecule has 2 fully saturated rings. The van der Waals surface area contributed by atoms with Crippen molar-refractivity contribution in [3.63, 3.8) is 0 Å². The first kappa shape index (κ1) is 31.0. The Morgan fingerprint density at radius 3 is 2.38 bits per heavy atom. The first-order chi connectivity index (χ1) is 19.2. The van der Waals surface area contributed by atoms with Crippen LogP contribution in [0.5, 0.6) is 5.75 Å². The average Bonchev–Trinajstić information content (AvgIpc) is 3.19. The highest BCUT2D eigenvalue weighted by Crippen LogP contribution is 2.65. The van der Waals surface area contributed by atoms with Crippen molar-refractivity contribution in [2.75, 3.05) is 11.9 Å². The van der Waals surface area contributed by atoms with Gasteiger partial charge in [0.25, 0.3) is 5.91 Å². The van der Waals surface area contributed by atoms with Gasteiger partial charge in [-0.05, 0) is 34.8 Å². The SMILES string of the molecule is CC(C)(C)[C@H](NC(=O)C(F)(F)F)C(=O)N1C[C@H]2[C@@H]([C@H]1C(=O)N[C@@H](C[C@@H]1Oc3cc(F)ccc3NC1=O)C(N)=O)C2(C)C. The zero-order valence-corrected chi connectivity index (χ0v) is 23.6. The Balaban J connectivity index is 1.55. The zero-order chi connectivity index (χ0) is 31.5. The number of fused-ring (bicyclic) bond motifs is 2. The molecule has 0 aromatic heterocycles. The van der Waals surface area contributed by atoms with Crippen LogP contribution in [0.1, 0.15) is 41.0 Å². The van der Waals surface area contributed by atoms with Crippen molar-refractivity contribution in [1.82, 2.24) is 15.5 Å². The fourth-order valence-electron chi connectivity index (χ4n) is 5.83. The smallest absolute Gasteiger partial charge is 0.471 e. The number of hydrogen-bond donors (Lipinski definition) is 4. The maximum atomic E-state index is 13.7. The van der Waals surface area contributed by atoms with Gasteiger partial charge in [0.1, 0.15) is 29.7 Å². The molecule has 2 heterocycles. The third kappa shape index (κ3) is 5.86. The van der Waals surface area contributed by atoms with Crippen LogP contribution in [0.4, 0.5) is 23.2 Å². The minimum absolute atomic E-state index is 0.0124. The monoisotopic (exact) mass is 599 g/mol. The van der Waals surface area contributed by atoms with Gasteiger partial charge in [-0.1, -0.05) is 34.6 Å². The second-order valence-corrected chi connectivity index (χ2v) is 12.6. The third-order valence-electron chi connectivity index (χ3n) is 8.28. The molecule has 42 heavy (non-hydrogen) atoms. The maximum absolute atomic E-state index is 13.7. The first-order valence-electron chi connectivity index (χ1n) is 13.3. The van der Waals surface area contributed by atoms with Crippen LogP contribution >= 0.6 is 0 Å². The maximum Gasteiger partial charge on any atom is 0.471 e. The summed E-state index contributed by atoms with van der Waals surface area (Å²) in [5.41, 5.74) is 4.19. The molecular formula is C27H33F4N5O6. The Labute approximate surface area is 238 Å². The fraction of sp³-hybridized carbons (Fsp3) is 0.593. The molecule has 0 radical (unpaired) electrons. The van der Waals surface area contributed by atoms with Crippen molar-refractivity contribution in [2.45, 2.75) is 71.4 Å². The fourth-order valence-corrected chi connectivity index (χ4v) is 5.83. The topological polar surface area (TPSA) is 160 Å². The number of halogens is 4. The van der Waals surface area contributed by atoms with Crippen LogP contribution < -0.4 is 26.4 Å². The van der Waals surface area contributed by atoms with Crippen LogP contribution in [0.25, 0.3) is 0 Å². The molecule has 11 nitrogen and oxygen atoms in total. The number of ether oxygens (including phenoxy) is 1. The summed E-state index contributed by atoms with van der Waals surface area (Å²) >= 11 is 0. The second-order valence-electron chi connectivity index (χ2n) is 12.6. The minimum atomic E-state index is -5.23. The van der Waals surface area contributed by atoms with E-state index in [-0.39, 0.29) is 23.9 Å². The van der Waals surface area contributed by atoms with Crippen molar-refractivity contribution in [2.24, 2.45) is 28.4 Å². The molecule has 4 rings (SSSR count). The Kier molecular flexibility index (Phi) is 7.70. The highest BCUT2D eigenvalue weighted by Gasteiger charge is 2.70. The molecule has 5 amide bonds. The van der Waals surface area contributed by atoms with Crippen LogP contribution in [0.2, 0.25) is 0 Å². The summed E-state index contributed by atoms with van der Waals surface area (Å²) in [6.07, 6.45) is -6.98. The largest absolute Gasteiger partial charge is 0.478 e. The van der Waals surface area contributed by atoms with E-state index in [9.17, 15) is 41.5 Å². The Morgan fingerprint density at radius 2 is 1.81 bits per heavy atom. The summed E-state index contributed by atoms with van der Waals surface area (Å²) in [6, 6.07) is -0.801. The third-order valence-corrected chi connectivity index (χ3v) is 8.28. The standard InChI is InChI=1S/C27H33F4N5O6/c1-25(2,3)19(35-24(41)27(29,30)31)23(40)36-10-12-17(26(12,4)5)18(36)22(39)34-14(20(32)37)9-16-21(38)33-13-7-6-11(28)8-15(13)42-16/h6-8,12,14,16-19H,9-10H2,1-5H3,(H2,32,37)(H,33,38)(H,34,39)(H,35,41)/t12-,14-,16-,17-,18-,19+/m0/s1. The number of anilines is 1. The number of carbonyl (C=O) groups excluding carboxylic acids is 5. The van der Waals surface area contributed by atoms with Crippen LogP contribution in [-0.4, -0.2) is 71.4 Å². The highest BCUT2D eigenvalue weighted by molar-refractivity contribution is 5.99. The van der Waals surface area contributed by atoms with Crippen LogP contribution in [0.15, 0.2) is 18.2 Å². The van der Waals surface area contributed by atoms with E-state index >= 15 is 0 Å². The number of amides is 5. The van der Waals surface area contributed by atoms with E-state index in [4.69, 9.17) is 10.5 Å². The van der Waals surface area contributed by atoms with Gasteiger partial charge in [-0.2, -0.15) is 13.2 Å². The molecule has 1 saturated carbocycles. The lowest BCUT2D eigenvalue weighted by Gasteiger charge is -2.38. The molecule has 0 bridgehead atoms.